The van der Waals surface area contributed by atoms with E-state index in [0.717, 1.165) is 60.6 Å². The van der Waals surface area contributed by atoms with Gasteiger partial charge >= 0.3 is 0 Å². The van der Waals surface area contributed by atoms with Gasteiger partial charge in [-0.15, -0.1) is 0 Å². The number of aromatic nitrogens is 4. The van der Waals surface area contributed by atoms with Crippen molar-refractivity contribution in [1.29, 1.82) is 0 Å². The number of sulfone groups is 1. The molecule has 10 nitrogen and oxygen atoms in total. The van der Waals surface area contributed by atoms with Gasteiger partial charge in [0.15, 0.2) is 15.0 Å². The summed E-state index contributed by atoms with van der Waals surface area (Å²) in [6.45, 7) is 1.46. The largest absolute Gasteiger partial charge is 0.381 e. The zero-order chi connectivity index (χ0) is 30.5. The van der Waals surface area contributed by atoms with Crippen molar-refractivity contribution in [3.8, 4) is 0 Å². The molecule has 0 bridgehead atoms. The Morgan fingerprint density at radius 2 is 1.93 bits per heavy atom. The van der Waals surface area contributed by atoms with Crippen molar-refractivity contribution in [1.82, 2.24) is 19.7 Å². The minimum Gasteiger partial charge on any atom is -0.381 e. The molecule has 0 unspecified atom stereocenters. The van der Waals surface area contributed by atoms with Gasteiger partial charge in [0, 0.05) is 38.9 Å². The van der Waals surface area contributed by atoms with Gasteiger partial charge in [-0.05, 0) is 58.6 Å². The average Bonchev–Trinajstić information content (AvgIpc) is 3.63. The zero-order valence-electron chi connectivity index (χ0n) is 23.6. The Kier molecular flexibility index (Phi) is 7.96. The van der Waals surface area contributed by atoms with E-state index in [-0.39, 0.29) is 23.2 Å². The van der Waals surface area contributed by atoms with Crippen LogP contribution in [0.15, 0.2) is 58.3 Å². The van der Waals surface area contributed by atoms with E-state index in [0.29, 0.717) is 25.7 Å². The molecular formula is C29H28BrFN6O4S2. The van der Waals surface area contributed by atoms with Crippen molar-refractivity contribution < 1.29 is 22.3 Å². The maximum absolute atomic E-state index is 14.6. The Balaban J connectivity index is 1.41. The Bertz CT molecular complexity index is 1970. The second kappa shape index (κ2) is 11.6. The molecule has 5 aromatic rings. The maximum atomic E-state index is 14.6. The molecule has 1 aliphatic rings. The summed E-state index contributed by atoms with van der Waals surface area (Å²) in [6, 6.07) is 8.94. The number of fused-ring (bicyclic) bond motifs is 3. The van der Waals surface area contributed by atoms with Crippen LogP contribution in [-0.2, 0) is 28.2 Å². The number of ether oxygens (including phenoxy) is 1. The Labute approximate surface area is 260 Å². The molecule has 1 fully saturated rings. The van der Waals surface area contributed by atoms with E-state index < -0.39 is 21.6 Å². The second-order valence-electron chi connectivity index (χ2n) is 10.5. The van der Waals surface area contributed by atoms with Gasteiger partial charge in [-0.25, -0.2) is 22.8 Å². The molecule has 224 valence electrons. The van der Waals surface area contributed by atoms with Crippen molar-refractivity contribution >= 4 is 75.6 Å². The van der Waals surface area contributed by atoms with E-state index in [1.807, 2.05) is 25.2 Å². The molecule has 43 heavy (non-hydrogen) atoms. The Morgan fingerprint density at radius 3 is 2.65 bits per heavy atom. The van der Waals surface area contributed by atoms with Crippen LogP contribution in [0.4, 0.5) is 15.2 Å². The molecule has 0 aliphatic carbocycles. The summed E-state index contributed by atoms with van der Waals surface area (Å²) in [5.74, 6) is -1.14. The van der Waals surface area contributed by atoms with Gasteiger partial charge < -0.3 is 14.5 Å². The number of aryl methyl sites for hydroxylation is 1. The highest BCUT2D eigenvalue weighted by Gasteiger charge is 2.28. The SMILES string of the molecule is COC1CCN(c2ncc(C(=O)N(Cc3ccc4c(c3)nc(Br)c3cnn(C)c34)c3cc(F)ccc3S(C)(=O)=O)s2)CC1. The van der Waals surface area contributed by atoms with Crippen LogP contribution < -0.4 is 9.80 Å². The Morgan fingerprint density at radius 1 is 1.16 bits per heavy atom. The van der Waals surface area contributed by atoms with E-state index >= 15 is 0 Å². The highest BCUT2D eigenvalue weighted by molar-refractivity contribution is 9.10. The number of hydrogen-bond acceptors (Lipinski definition) is 9. The number of halogens is 2. The molecule has 0 spiro atoms. The number of nitrogens with zero attached hydrogens (tertiary/aromatic N) is 6. The first-order valence-electron chi connectivity index (χ1n) is 13.5. The fraction of sp³-hybridized carbons (Fsp3) is 0.310. The van der Waals surface area contributed by atoms with Gasteiger partial charge in [0.1, 0.15) is 15.3 Å². The minimum absolute atomic E-state index is 0.0318. The molecular weight excluding hydrogens is 659 g/mol. The minimum atomic E-state index is -3.81. The van der Waals surface area contributed by atoms with Crippen molar-refractivity contribution in [2.24, 2.45) is 7.05 Å². The number of methoxy groups -OCH3 is 1. The maximum Gasteiger partial charge on any atom is 0.270 e. The van der Waals surface area contributed by atoms with Crippen LogP contribution in [0.5, 0.6) is 0 Å². The topological polar surface area (TPSA) is 111 Å². The van der Waals surface area contributed by atoms with Crippen LogP contribution in [0.1, 0.15) is 28.1 Å². The number of hydrogen-bond donors (Lipinski definition) is 0. The molecule has 0 radical (unpaired) electrons. The second-order valence-corrected chi connectivity index (χ2v) is 14.2. The summed E-state index contributed by atoms with van der Waals surface area (Å²) in [5, 5.41) is 6.77. The van der Waals surface area contributed by atoms with E-state index in [1.54, 1.807) is 18.0 Å². The molecule has 0 N–H and O–H groups in total. The van der Waals surface area contributed by atoms with Crippen LogP contribution in [0, 0.1) is 5.82 Å². The predicted octanol–water partition coefficient (Wildman–Crippen LogP) is 5.35. The lowest BCUT2D eigenvalue weighted by atomic mass is 10.1. The first-order chi connectivity index (χ1) is 20.5. The number of anilines is 2. The van der Waals surface area contributed by atoms with Crippen LogP contribution in [0.2, 0.25) is 0 Å². The van der Waals surface area contributed by atoms with Gasteiger partial charge in [0.2, 0.25) is 0 Å². The molecule has 2 aromatic carbocycles. The lowest BCUT2D eigenvalue weighted by Crippen LogP contribution is -2.36. The van der Waals surface area contributed by atoms with Crippen molar-refractivity contribution in [2.45, 2.75) is 30.4 Å². The van der Waals surface area contributed by atoms with Crippen LogP contribution in [0.3, 0.4) is 0 Å². The van der Waals surface area contributed by atoms with Crippen molar-refractivity contribution in [3.63, 3.8) is 0 Å². The fourth-order valence-electron chi connectivity index (χ4n) is 5.43. The number of rotatable bonds is 7. The average molecular weight is 688 g/mol. The van der Waals surface area contributed by atoms with Crippen molar-refractivity contribution in [2.75, 3.05) is 36.3 Å². The van der Waals surface area contributed by atoms with Gasteiger partial charge in [0.05, 0.1) is 52.0 Å². The summed E-state index contributed by atoms with van der Waals surface area (Å²) in [6.07, 6.45) is 6.17. The van der Waals surface area contributed by atoms with Gasteiger partial charge in [-0.1, -0.05) is 23.5 Å². The first-order valence-corrected chi connectivity index (χ1v) is 17.0. The molecule has 1 aliphatic heterocycles. The van der Waals surface area contributed by atoms with E-state index in [4.69, 9.17) is 4.74 Å². The summed E-state index contributed by atoms with van der Waals surface area (Å²) in [7, 11) is -0.253. The van der Waals surface area contributed by atoms with Crippen LogP contribution in [0.25, 0.3) is 21.8 Å². The summed E-state index contributed by atoms with van der Waals surface area (Å²) >= 11 is 4.75. The highest BCUT2D eigenvalue weighted by Crippen LogP contribution is 2.34. The molecule has 1 amide bonds. The number of pyridine rings is 1. The molecule has 1 saturated heterocycles. The number of carbonyl (C=O) groups excluding carboxylic acids is 1. The van der Waals surface area contributed by atoms with E-state index in [9.17, 15) is 17.6 Å². The van der Waals surface area contributed by atoms with Crippen LogP contribution in [-0.4, -0.2) is 66.6 Å². The molecule has 0 saturated carbocycles. The third kappa shape index (κ3) is 5.76. The zero-order valence-corrected chi connectivity index (χ0v) is 26.8. The molecule has 14 heteroatoms. The number of piperidine rings is 1. The summed E-state index contributed by atoms with van der Waals surface area (Å²) in [4.78, 5) is 26.9. The first kappa shape index (κ1) is 29.6. The standard InChI is InChI=1S/C29H28BrFN6O4S2/c1-35-26-20-6-4-17(12-22(20)34-27(30)21(26)14-33-35)16-37(23-13-18(31)5-7-25(23)43(3,39)40)28(38)24-15-32-29(42-24)36-10-8-19(41-2)9-11-36/h4-7,12-15,19H,8-11,16H2,1-3H3. The lowest BCUT2D eigenvalue weighted by Gasteiger charge is -2.30. The molecule has 0 atom stereocenters. The molecule has 3 aromatic heterocycles. The van der Waals surface area contributed by atoms with E-state index in [2.05, 4.69) is 35.9 Å². The smallest absolute Gasteiger partial charge is 0.270 e. The normalized spacial score (nSPS) is 14.6. The predicted molar refractivity (Wildman–Crippen MR) is 168 cm³/mol. The molecule has 4 heterocycles. The summed E-state index contributed by atoms with van der Waals surface area (Å²) in [5.41, 5.74) is 2.19. The highest BCUT2D eigenvalue weighted by atomic mass is 79.9. The number of amides is 1. The number of carbonyl (C=O) groups is 1. The summed E-state index contributed by atoms with van der Waals surface area (Å²) < 4.78 is 48.0. The Hall–Kier alpha value is -3.46. The lowest BCUT2D eigenvalue weighted by molar-refractivity contribution is 0.0819. The fourth-order valence-corrected chi connectivity index (χ4v) is 7.69. The van der Waals surface area contributed by atoms with Gasteiger partial charge in [0.25, 0.3) is 5.91 Å². The van der Waals surface area contributed by atoms with E-state index in [1.165, 1.54) is 28.5 Å². The third-order valence-corrected chi connectivity index (χ3v) is 10.4. The van der Waals surface area contributed by atoms with Crippen LogP contribution >= 0.6 is 27.3 Å². The van der Waals surface area contributed by atoms with Crippen molar-refractivity contribution in [3.05, 3.63) is 69.7 Å². The molecule has 6 rings (SSSR count). The number of benzene rings is 2. The van der Waals surface area contributed by atoms with Gasteiger partial charge in [-0.3, -0.25) is 9.48 Å². The quantitative estimate of drug-likeness (QED) is 0.167. The number of thiazole rings is 1. The third-order valence-electron chi connectivity index (χ3n) is 7.64. The van der Waals surface area contributed by atoms with Gasteiger partial charge in [-0.2, -0.15) is 5.10 Å². The monoisotopic (exact) mass is 686 g/mol.